The van der Waals surface area contributed by atoms with Crippen molar-refractivity contribution >= 4 is 28.3 Å². The summed E-state index contributed by atoms with van der Waals surface area (Å²) >= 11 is 0. The first-order valence-electron chi connectivity index (χ1n) is 7.09. The highest BCUT2D eigenvalue weighted by atomic mass is 16.2. The summed E-state index contributed by atoms with van der Waals surface area (Å²) in [6.45, 7) is 1.45. The predicted molar refractivity (Wildman–Crippen MR) is 89.0 cm³/mol. The monoisotopic (exact) mass is 306 g/mol. The Morgan fingerprint density at radius 3 is 2.61 bits per heavy atom. The minimum Gasteiger partial charge on any atom is -0.360 e. The molecule has 1 heterocycles. The van der Waals surface area contributed by atoms with Crippen molar-refractivity contribution in [1.29, 1.82) is 0 Å². The first-order chi connectivity index (χ1) is 11.1. The molecule has 23 heavy (non-hydrogen) atoms. The Morgan fingerprint density at radius 2 is 1.83 bits per heavy atom. The third kappa shape index (κ3) is 2.89. The predicted octanol–water partition coefficient (Wildman–Crippen LogP) is 2.98. The minimum atomic E-state index is -0.516. The number of rotatable bonds is 3. The molecule has 0 atom stereocenters. The number of carbonyl (C=O) groups is 2. The number of benzene rings is 2. The van der Waals surface area contributed by atoms with E-state index in [2.05, 4.69) is 10.3 Å². The van der Waals surface area contributed by atoms with Gasteiger partial charge >= 0.3 is 0 Å². The summed E-state index contributed by atoms with van der Waals surface area (Å²) < 4.78 is 0. The molecule has 5 heteroatoms. The van der Waals surface area contributed by atoms with Crippen LogP contribution in [0, 0.1) is 0 Å². The van der Waals surface area contributed by atoms with Gasteiger partial charge in [-0.1, -0.05) is 24.3 Å². The number of aromatic nitrogens is 1. The second-order valence-corrected chi connectivity index (χ2v) is 5.17. The van der Waals surface area contributed by atoms with Crippen molar-refractivity contribution in [1.82, 2.24) is 4.98 Å². The molecule has 1 aromatic heterocycles. The molecule has 114 valence electrons. The first kappa shape index (κ1) is 14.7. The maximum absolute atomic E-state index is 12.4. The van der Waals surface area contributed by atoms with Gasteiger partial charge in [-0.25, -0.2) is 0 Å². The van der Waals surface area contributed by atoms with Crippen molar-refractivity contribution in [2.45, 2.75) is 6.92 Å². The molecule has 3 rings (SSSR count). The van der Waals surface area contributed by atoms with E-state index in [4.69, 9.17) is 0 Å². The Kier molecular flexibility index (Phi) is 3.76. The number of nitrogens with one attached hydrogen (secondary N) is 2. The van der Waals surface area contributed by atoms with E-state index in [-0.39, 0.29) is 16.8 Å². The number of para-hydroxylation sites is 1. The number of Topliss-reactive ketones (excluding diaryl/α,β-unsaturated/α-hetero) is 1. The molecule has 3 aromatic rings. The number of aromatic amines is 1. The van der Waals surface area contributed by atoms with Crippen LogP contribution in [0.4, 0.5) is 5.69 Å². The van der Waals surface area contributed by atoms with Crippen LogP contribution in [0.2, 0.25) is 0 Å². The third-order valence-electron chi connectivity index (χ3n) is 3.56. The Hall–Kier alpha value is -3.21. The average molecular weight is 306 g/mol. The molecule has 0 spiro atoms. The fourth-order valence-corrected chi connectivity index (χ4v) is 2.35. The molecule has 0 radical (unpaired) electrons. The van der Waals surface area contributed by atoms with Crippen LogP contribution in [0.5, 0.6) is 0 Å². The van der Waals surface area contributed by atoms with Crippen LogP contribution in [0.15, 0.2) is 59.5 Å². The SMILES string of the molecule is CC(=O)c1cccc(NC(=O)c2c[nH]c3ccccc3c2=O)c1. The molecule has 0 saturated carbocycles. The van der Waals surface area contributed by atoms with Crippen LogP contribution in [-0.4, -0.2) is 16.7 Å². The van der Waals surface area contributed by atoms with Gasteiger partial charge in [0.1, 0.15) is 5.56 Å². The van der Waals surface area contributed by atoms with Gasteiger partial charge in [0.15, 0.2) is 5.78 Å². The van der Waals surface area contributed by atoms with E-state index < -0.39 is 5.91 Å². The van der Waals surface area contributed by atoms with Crippen molar-refractivity contribution in [2.75, 3.05) is 5.32 Å². The zero-order valence-corrected chi connectivity index (χ0v) is 12.4. The Balaban J connectivity index is 1.95. The molecule has 0 fully saturated rings. The van der Waals surface area contributed by atoms with E-state index >= 15 is 0 Å². The summed E-state index contributed by atoms with van der Waals surface area (Å²) in [6.07, 6.45) is 1.40. The zero-order chi connectivity index (χ0) is 16.4. The van der Waals surface area contributed by atoms with Crippen molar-refractivity contribution in [3.8, 4) is 0 Å². The van der Waals surface area contributed by atoms with E-state index in [1.165, 1.54) is 13.1 Å². The number of carbonyl (C=O) groups excluding carboxylic acids is 2. The smallest absolute Gasteiger partial charge is 0.261 e. The highest BCUT2D eigenvalue weighted by Crippen LogP contribution is 2.13. The van der Waals surface area contributed by atoms with Gasteiger partial charge in [-0.3, -0.25) is 14.4 Å². The number of pyridine rings is 1. The van der Waals surface area contributed by atoms with Crippen LogP contribution >= 0.6 is 0 Å². The van der Waals surface area contributed by atoms with Crippen LogP contribution in [0.25, 0.3) is 10.9 Å². The molecule has 0 aliphatic carbocycles. The number of hydrogen-bond acceptors (Lipinski definition) is 3. The minimum absolute atomic E-state index is 0.0249. The lowest BCUT2D eigenvalue weighted by Gasteiger charge is -2.07. The van der Waals surface area contributed by atoms with Gasteiger partial charge in [0.25, 0.3) is 5.91 Å². The number of fused-ring (bicyclic) bond motifs is 1. The van der Waals surface area contributed by atoms with E-state index in [9.17, 15) is 14.4 Å². The van der Waals surface area contributed by atoms with Crippen LogP contribution < -0.4 is 10.7 Å². The van der Waals surface area contributed by atoms with Gasteiger partial charge in [-0.15, -0.1) is 0 Å². The number of hydrogen-bond donors (Lipinski definition) is 2. The molecule has 5 nitrogen and oxygen atoms in total. The Labute approximate surface area is 132 Å². The highest BCUT2D eigenvalue weighted by Gasteiger charge is 2.13. The largest absolute Gasteiger partial charge is 0.360 e. The second-order valence-electron chi connectivity index (χ2n) is 5.17. The summed E-state index contributed by atoms with van der Waals surface area (Å²) in [6, 6.07) is 13.6. The standard InChI is InChI=1S/C18H14N2O3/c1-11(21)12-5-4-6-13(9-12)20-18(23)15-10-19-16-8-3-2-7-14(16)17(15)22/h2-10H,1H3,(H,19,22)(H,20,23). The Morgan fingerprint density at radius 1 is 1.04 bits per heavy atom. The zero-order valence-electron chi connectivity index (χ0n) is 12.4. The molecular weight excluding hydrogens is 292 g/mol. The summed E-state index contributed by atoms with van der Waals surface area (Å²) in [5.41, 5.74) is 1.33. The maximum atomic E-state index is 12.4. The van der Waals surface area contributed by atoms with Gasteiger partial charge in [-0.2, -0.15) is 0 Å². The van der Waals surface area contributed by atoms with Gasteiger partial charge < -0.3 is 10.3 Å². The molecule has 0 unspecified atom stereocenters. The lowest BCUT2D eigenvalue weighted by Crippen LogP contribution is -2.22. The van der Waals surface area contributed by atoms with Gasteiger partial charge in [0, 0.05) is 28.4 Å². The molecule has 0 aliphatic rings. The fourth-order valence-electron chi connectivity index (χ4n) is 2.35. The lowest BCUT2D eigenvalue weighted by atomic mass is 10.1. The van der Waals surface area contributed by atoms with Crippen LogP contribution in [0.3, 0.4) is 0 Å². The average Bonchev–Trinajstić information content (AvgIpc) is 2.55. The topological polar surface area (TPSA) is 79.0 Å². The Bertz CT molecular complexity index is 973. The van der Waals surface area contributed by atoms with Gasteiger partial charge in [0.05, 0.1) is 0 Å². The number of anilines is 1. The fraction of sp³-hybridized carbons (Fsp3) is 0.0556. The molecule has 0 saturated heterocycles. The number of amides is 1. The summed E-state index contributed by atoms with van der Waals surface area (Å²) in [5.74, 6) is -0.609. The van der Waals surface area contributed by atoms with Gasteiger partial charge in [0.2, 0.25) is 5.43 Å². The normalized spacial score (nSPS) is 10.5. The lowest BCUT2D eigenvalue weighted by molar-refractivity contribution is 0.101. The quantitative estimate of drug-likeness (QED) is 0.730. The van der Waals surface area contributed by atoms with Crippen LogP contribution in [-0.2, 0) is 0 Å². The molecule has 0 aliphatic heterocycles. The van der Waals surface area contributed by atoms with E-state index in [1.54, 1.807) is 42.5 Å². The highest BCUT2D eigenvalue weighted by molar-refractivity contribution is 6.06. The molecule has 2 aromatic carbocycles. The maximum Gasteiger partial charge on any atom is 0.261 e. The van der Waals surface area contributed by atoms with E-state index in [0.717, 1.165) is 0 Å². The van der Waals surface area contributed by atoms with Crippen molar-refractivity contribution in [2.24, 2.45) is 0 Å². The van der Waals surface area contributed by atoms with Gasteiger partial charge in [-0.05, 0) is 31.2 Å². The number of H-pyrrole nitrogens is 1. The summed E-state index contributed by atoms with van der Waals surface area (Å²) in [7, 11) is 0. The third-order valence-corrected chi connectivity index (χ3v) is 3.56. The van der Waals surface area contributed by atoms with Crippen molar-refractivity contribution in [3.63, 3.8) is 0 Å². The van der Waals surface area contributed by atoms with Crippen LogP contribution in [0.1, 0.15) is 27.6 Å². The van der Waals surface area contributed by atoms with E-state index in [0.29, 0.717) is 22.2 Å². The molecule has 0 bridgehead atoms. The summed E-state index contributed by atoms with van der Waals surface area (Å²) in [5, 5.41) is 3.10. The first-order valence-corrected chi connectivity index (χ1v) is 7.09. The van der Waals surface area contributed by atoms with E-state index in [1.807, 2.05) is 6.07 Å². The van der Waals surface area contributed by atoms with Crippen molar-refractivity contribution < 1.29 is 9.59 Å². The molecular formula is C18H14N2O3. The molecule has 2 N–H and O–H groups in total. The number of ketones is 1. The van der Waals surface area contributed by atoms with Crippen molar-refractivity contribution in [3.05, 3.63) is 76.1 Å². The molecule has 1 amide bonds. The second kappa shape index (κ2) is 5.88. The summed E-state index contributed by atoms with van der Waals surface area (Å²) in [4.78, 5) is 39.1.